The highest BCUT2D eigenvalue weighted by atomic mass is 16.5. The number of carboxylic acid groups (broad SMARTS) is 1. The number of carboxylic acids is 1. The van der Waals surface area contributed by atoms with Gasteiger partial charge in [0.1, 0.15) is 5.75 Å². The number of aryl methyl sites for hydroxylation is 1. The largest absolute Gasteiger partial charge is 0.481 e. The highest BCUT2D eigenvalue weighted by Gasteiger charge is 2.22. The molecule has 0 heterocycles. The molecule has 1 aromatic rings. The Balaban J connectivity index is 2.57. The first kappa shape index (κ1) is 16.0. The molecule has 2 unspecified atom stereocenters. The van der Waals surface area contributed by atoms with Crippen LogP contribution >= 0.6 is 0 Å². The second-order valence-corrected chi connectivity index (χ2v) is 5.03. The fourth-order valence-corrected chi connectivity index (χ4v) is 1.76. The van der Waals surface area contributed by atoms with Crippen molar-refractivity contribution in [3.05, 3.63) is 29.8 Å². The van der Waals surface area contributed by atoms with Crippen LogP contribution in [-0.4, -0.2) is 41.6 Å². The predicted molar refractivity (Wildman–Crippen MR) is 75.7 cm³/mol. The van der Waals surface area contributed by atoms with Gasteiger partial charge in [0.25, 0.3) is 5.91 Å². The van der Waals surface area contributed by atoms with Crippen molar-refractivity contribution in [2.24, 2.45) is 5.92 Å². The lowest BCUT2D eigenvalue weighted by atomic mass is 10.1. The number of amides is 1. The Morgan fingerprint density at radius 1 is 1.25 bits per heavy atom. The van der Waals surface area contributed by atoms with Crippen molar-refractivity contribution < 1.29 is 19.4 Å². The lowest BCUT2D eigenvalue weighted by Crippen LogP contribution is -2.41. The van der Waals surface area contributed by atoms with Gasteiger partial charge in [-0.05, 0) is 26.0 Å². The van der Waals surface area contributed by atoms with Crippen LogP contribution in [0, 0.1) is 12.8 Å². The molecule has 0 spiro atoms. The van der Waals surface area contributed by atoms with Crippen LogP contribution in [0.1, 0.15) is 19.4 Å². The molecule has 5 nitrogen and oxygen atoms in total. The number of rotatable bonds is 6. The molecule has 2 atom stereocenters. The van der Waals surface area contributed by atoms with E-state index in [1.165, 1.54) is 4.90 Å². The fourth-order valence-electron chi connectivity index (χ4n) is 1.76. The smallest absolute Gasteiger partial charge is 0.308 e. The van der Waals surface area contributed by atoms with Gasteiger partial charge in [0.2, 0.25) is 0 Å². The molecular weight excluding hydrogens is 258 g/mol. The SMILES string of the molecule is Cc1ccc(OC(C)C(=O)N(C)CC(C)C(=O)O)cc1. The van der Waals surface area contributed by atoms with E-state index in [0.29, 0.717) is 5.75 Å². The molecule has 0 saturated heterocycles. The highest BCUT2D eigenvalue weighted by Crippen LogP contribution is 2.14. The van der Waals surface area contributed by atoms with E-state index < -0.39 is 18.0 Å². The molecule has 0 aliphatic rings. The third-order valence-electron chi connectivity index (χ3n) is 3.03. The first-order valence-corrected chi connectivity index (χ1v) is 6.52. The molecule has 0 radical (unpaired) electrons. The maximum atomic E-state index is 12.1. The van der Waals surface area contributed by atoms with Crippen LogP contribution in [0.2, 0.25) is 0 Å². The summed E-state index contributed by atoms with van der Waals surface area (Å²) in [5.74, 6) is -1.14. The number of ether oxygens (including phenoxy) is 1. The second-order valence-electron chi connectivity index (χ2n) is 5.03. The summed E-state index contributed by atoms with van der Waals surface area (Å²) in [6.07, 6.45) is -0.649. The zero-order valence-electron chi connectivity index (χ0n) is 12.3. The first-order chi connectivity index (χ1) is 9.31. The molecule has 0 aliphatic heterocycles. The van der Waals surface area contributed by atoms with Crippen molar-refractivity contribution in [1.29, 1.82) is 0 Å². The summed E-state index contributed by atoms with van der Waals surface area (Å²) < 4.78 is 5.56. The van der Waals surface area contributed by atoms with Crippen LogP contribution in [0.15, 0.2) is 24.3 Å². The van der Waals surface area contributed by atoms with Crippen LogP contribution in [0.5, 0.6) is 5.75 Å². The molecule has 20 heavy (non-hydrogen) atoms. The van der Waals surface area contributed by atoms with E-state index in [4.69, 9.17) is 9.84 Å². The number of carbonyl (C=O) groups is 2. The molecular formula is C15H21NO4. The van der Waals surface area contributed by atoms with Crippen LogP contribution in [0.4, 0.5) is 0 Å². The molecule has 0 bridgehead atoms. The molecule has 1 amide bonds. The van der Waals surface area contributed by atoms with Crippen molar-refractivity contribution in [3.63, 3.8) is 0 Å². The van der Waals surface area contributed by atoms with E-state index in [1.54, 1.807) is 33.0 Å². The molecule has 1 N–H and O–H groups in total. The number of hydrogen-bond donors (Lipinski definition) is 1. The summed E-state index contributed by atoms with van der Waals surface area (Å²) in [7, 11) is 1.58. The summed E-state index contributed by atoms with van der Waals surface area (Å²) in [6, 6.07) is 7.42. The molecule has 110 valence electrons. The van der Waals surface area contributed by atoms with Gasteiger partial charge >= 0.3 is 5.97 Å². The Bertz CT molecular complexity index is 469. The summed E-state index contributed by atoms with van der Waals surface area (Å²) in [6.45, 7) is 5.36. The molecule has 0 saturated carbocycles. The molecule has 0 aliphatic carbocycles. The molecule has 1 rings (SSSR count). The van der Waals surface area contributed by atoms with Gasteiger partial charge in [-0.3, -0.25) is 9.59 Å². The van der Waals surface area contributed by atoms with Gasteiger partial charge in [0.05, 0.1) is 5.92 Å². The van der Waals surface area contributed by atoms with Crippen LogP contribution < -0.4 is 4.74 Å². The average molecular weight is 279 g/mol. The van der Waals surface area contributed by atoms with E-state index in [0.717, 1.165) is 5.56 Å². The van der Waals surface area contributed by atoms with Crippen molar-refractivity contribution in [2.75, 3.05) is 13.6 Å². The van der Waals surface area contributed by atoms with E-state index in [-0.39, 0.29) is 12.5 Å². The summed E-state index contributed by atoms with van der Waals surface area (Å²) in [4.78, 5) is 24.2. The Morgan fingerprint density at radius 2 is 1.80 bits per heavy atom. The van der Waals surface area contributed by atoms with Crippen LogP contribution in [-0.2, 0) is 9.59 Å². The molecule has 0 fully saturated rings. The van der Waals surface area contributed by atoms with Crippen molar-refractivity contribution in [2.45, 2.75) is 26.9 Å². The minimum absolute atomic E-state index is 0.162. The van der Waals surface area contributed by atoms with E-state index in [2.05, 4.69) is 0 Å². The lowest BCUT2D eigenvalue weighted by Gasteiger charge is -2.23. The number of benzene rings is 1. The number of hydrogen-bond acceptors (Lipinski definition) is 3. The monoisotopic (exact) mass is 279 g/mol. The minimum atomic E-state index is -0.920. The number of carbonyl (C=O) groups excluding carboxylic acids is 1. The highest BCUT2D eigenvalue weighted by molar-refractivity contribution is 5.81. The number of likely N-dealkylation sites (N-methyl/N-ethyl adjacent to an activating group) is 1. The molecule has 0 aromatic heterocycles. The second kappa shape index (κ2) is 6.93. The van der Waals surface area contributed by atoms with Gasteiger partial charge in [-0.25, -0.2) is 0 Å². The topological polar surface area (TPSA) is 66.8 Å². The Kier molecular flexibility index (Phi) is 5.55. The first-order valence-electron chi connectivity index (χ1n) is 6.52. The quantitative estimate of drug-likeness (QED) is 0.864. The van der Waals surface area contributed by atoms with Crippen molar-refractivity contribution in [1.82, 2.24) is 4.90 Å². The van der Waals surface area contributed by atoms with Gasteiger partial charge in [-0.2, -0.15) is 0 Å². The molecule has 5 heteroatoms. The third-order valence-corrected chi connectivity index (χ3v) is 3.03. The maximum absolute atomic E-state index is 12.1. The van der Waals surface area contributed by atoms with Crippen LogP contribution in [0.25, 0.3) is 0 Å². The maximum Gasteiger partial charge on any atom is 0.308 e. The van der Waals surface area contributed by atoms with Gasteiger partial charge in [-0.1, -0.05) is 24.6 Å². The summed E-state index contributed by atoms with van der Waals surface area (Å²) >= 11 is 0. The zero-order chi connectivity index (χ0) is 15.3. The van der Waals surface area contributed by atoms with Gasteiger partial charge in [-0.15, -0.1) is 0 Å². The lowest BCUT2D eigenvalue weighted by molar-refractivity contribution is -0.144. The summed E-state index contributed by atoms with van der Waals surface area (Å²) in [5, 5.41) is 8.84. The standard InChI is InChI=1S/C15H21NO4/c1-10-5-7-13(8-6-10)20-12(3)14(17)16(4)9-11(2)15(18)19/h5-8,11-12H,9H2,1-4H3,(H,18,19). The van der Waals surface area contributed by atoms with E-state index in [1.807, 2.05) is 19.1 Å². The average Bonchev–Trinajstić information content (AvgIpc) is 2.40. The zero-order valence-corrected chi connectivity index (χ0v) is 12.3. The summed E-state index contributed by atoms with van der Waals surface area (Å²) in [5.41, 5.74) is 1.11. The Hall–Kier alpha value is -2.04. The fraction of sp³-hybridized carbons (Fsp3) is 0.467. The van der Waals surface area contributed by atoms with Gasteiger partial charge < -0.3 is 14.7 Å². The van der Waals surface area contributed by atoms with Gasteiger partial charge in [0, 0.05) is 13.6 Å². The van der Waals surface area contributed by atoms with Gasteiger partial charge in [0.15, 0.2) is 6.10 Å². The van der Waals surface area contributed by atoms with E-state index >= 15 is 0 Å². The Labute approximate surface area is 119 Å². The molecule has 1 aromatic carbocycles. The third kappa shape index (κ3) is 4.57. The number of aliphatic carboxylic acids is 1. The predicted octanol–water partition coefficient (Wildman–Crippen LogP) is 1.94. The number of nitrogens with zero attached hydrogens (tertiary/aromatic N) is 1. The van der Waals surface area contributed by atoms with Crippen molar-refractivity contribution in [3.8, 4) is 5.75 Å². The van der Waals surface area contributed by atoms with E-state index in [9.17, 15) is 9.59 Å². The minimum Gasteiger partial charge on any atom is -0.481 e. The Morgan fingerprint density at radius 3 is 2.30 bits per heavy atom. The normalized spacial score (nSPS) is 13.4. The van der Waals surface area contributed by atoms with Crippen molar-refractivity contribution >= 4 is 11.9 Å². The van der Waals surface area contributed by atoms with Crippen LogP contribution in [0.3, 0.4) is 0 Å².